The van der Waals surface area contributed by atoms with Gasteiger partial charge in [0.25, 0.3) is 0 Å². The number of aromatic nitrogens is 1. The fourth-order valence-corrected chi connectivity index (χ4v) is 1.09. The normalized spacial score (nSPS) is 9.36. The van der Waals surface area contributed by atoms with E-state index in [1.165, 1.54) is 0 Å². The van der Waals surface area contributed by atoms with Gasteiger partial charge in [-0.1, -0.05) is 25.4 Å². The zero-order chi connectivity index (χ0) is 11.1. The van der Waals surface area contributed by atoms with Crippen LogP contribution in [-0.4, -0.2) is 11.1 Å². The van der Waals surface area contributed by atoms with E-state index in [-0.39, 0.29) is 6.10 Å². The Hall–Kier alpha value is -0.760. The maximum Gasteiger partial charge on any atom is 0.171 e. The number of hydrogen-bond donors (Lipinski definition) is 0. The standard InChI is InChI=1S/C9H12ClNO.C2H6/c1-6(2)12-8-5-4-7(3)11-9(8)10;1-2/h4-6H,1-3H3;1-2H3. The molecule has 1 rings (SSSR count). The molecule has 0 aliphatic heterocycles. The number of ether oxygens (including phenoxy) is 1. The first-order valence-corrected chi connectivity index (χ1v) is 5.27. The van der Waals surface area contributed by atoms with Crippen molar-refractivity contribution in [1.82, 2.24) is 4.98 Å². The third-order valence-corrected chi connectivity index (χ3v) is 1.59. The molecule has 0 aliphatic rings. The second-order valence-electron chi connectivity index (χ2n) is 2.91. The van der Waals surface area contributed by atoms with Crippen LogP contribution in [0.4, 0.5) is 0 Å². The molecule has 0 N–H and O–H groups in total. The zero-order valence-corrected chi connectivity index (χ0v) is 10.2. The monoisotopic (exact) mass is 215 g/mol. The molecular weight excluding hydrogens is 198 g/mol. The highest BCUT2D eigenvalue weighted by Crippen LogP contribution is 2.22. The van der Waals surface area contributed by atoms with Crippen LogP contribution in [0.25, 0.3) is 0 Å². The summed E-state index contributed by atoms with van der Waals surface area (Å²) in [7, 11) is 0. The first-order valence-electron chi connectivity index (χ1n) is 4.89. The van der Waals surface area contributed by atoms with E-state index >= 15 is 0 Å². The van der Waals surface area contributed by atoms with Gasteiger partial charge in [0, 0.05) is 5.69 Å². The summed E-state index contributed by atoms with van der Waals surface area (Å²) in [5.41, 5.74) is 0.899. The van der Waals surface area contributed by atoms with Crippen LogP contribution in [0.2, 0.25) is 5.15 Å². The van der Waals surface area contributed by atoms with Gasteiger partial charge in [-0.25, -0.2) is 4.98 Å². The zero-order valence-electron chi connectivity index (χ0n) is 9.47. The molecule has 0 amide bonds. The molecule has 0 aromatic carbocycles. The lowest BCUT2D eigenvalue weighted by molar-refractivity contribution is 0.241. The van der Waals surface area contributed by atoms with Crippen LogP contribution in [0.1, 0.15) is 33.4 Å². The van der Waals surface area contributed by atoms with Gasteiger partial charge in [0.15, 0.2) is 10.9 Å². The maximum absolute atomic E-state index is 5.84. The average Bonchev–Trinajstić information content (AvgIpc) is 2.13. The van der Waals surface area contributed by atoms with Gasteiger partial charge in [-0.3, -0.25) is 0 Å². The molecule has 1 aromatic rings. The summed E-state index contributed by atoms with van der Waals surface area (Å²) in [6, 6.07) is 3.72. The quantitative estimate of drug-likeness (QED) is 0.699. The Morgan fingerprint density at radius 2 is 1.86 bits per heavy atom. The molecule has 0 saturated heterocycles. The fourth-order valence-electron chi connectivity index (χ4n) is 0.854. The third-order valence-electron chi connectivity index (χ3n) is 1.32. The highest BCUT2D eigenvalue weighted by Gasteiger charge is 2.03. The molecule has 1 aromatic heterocycles. The molecule has 0 aliphatic carbocycles. The highest BCUT2D eigenvalue weighted by molar-refractivity contribution is 6.30. The molecule has 80 valence electrons. The largest absolute Gasteiger partial charge is 0.488 e. The van der Waals surface area contributed by atoms with E-state index in [1.54, 1.807) is 0 Å². The molecule has 0 spiro atoms. The van der Waals surface area contributed by atoms with Crippen LogP contribution in [-0.2, 0) is 0 Å². The topological polar surface area (TPSA) is 22.1 Å². The van der Waals surface area contributed by atoms with Crippen molar-refractivity contribution in [3.8, 4) is 5.75 Å². The Labute approximate surface area is 91.3 Å². The van der Waals surface area contributed by atoms with Crippen molar-refractivity contribution in [1.29, 1.82) is 0 Å². The Kier molecular flexibility index (Phi) is 6.30. The van der Waals surface area contributed by atoms with Crippen molar-refractivity contribution in [2.24, 2.45) is 0 Å². The minimum Gasteiger partial charge on any atom is -0.488 e. The molecule has 0 atom stereocenters. The molecule has 0 bridgehead atoms. The van der Waals surface area contributed by atoms with Crippen molar-refractivity contribution >= 4 is 11.6 Å². The molecule has 14 heavy (non-hydrogen) atoms. The van der Waals surface area contributed by atoms with Gasteiger partial charge in [-0.2, -0.15) is 0 Å². The molecule has 1 heterocycles. The van der Waals surface area contributed by atoms with Crippen LogP contribution in [0, 0.1) is 6.92 Å². The number of pyridine rings is 1. The molecule has 0 unspecified atom stereocenters. The van der Waals surface area contributed by atoms with Crippen LogP contribution < -0.4 is 4.74 Å². The van der Waals surface area contributed by atoms with Crippen molar-refractivity contribution in [2.45, 2.75) is 40.7 Å². The minimum atomic E-state index is 0.131. The minimum absolute atomic E-state index is 0.131. The first kappa shape index (κ1) is 13.2. The smallest absolute Gasteiger partial charge is 0.171 e. The number of hydrogen-bond acceptors (Lipinski definition) is 2. The molecule has 0 saturated carbocycles. The van der Waals surface area contributed by atoms with Crippen LogP contribution in [0.3, 0.4) is 0 Å². The summed E-state index contributed by atoms with van der Waals surface area (Å²) in [6.07, 6.45) is 0.131. The number of nitrogens with zero attached hydrogens (tertiary/aromatic N) is 1. The summed E-state index contributed by atoms with van der Waals surface area (Å²) in [4.78, 5) is 4.07. The van der Waals surface area contributed by atoms with Gasteiger partial charge in [0.1, 0.15) is 0 Å². The second-order valence-corrected chi connectivity index (χ2v) is 3.27. The van der Waals surface area contributed by atoms with Crippen LogP contribution in [0.15, 0.2) is 12.1 Å². The van der Waals surface area contributed by atoms with Gasteiger partial charge in [0.2, 0.25) is 0 Å². The Morgan fingerprint density at radius 1 is 1.29 bits per heavy atom. The van der Waals surface area contributed by atoms with Gasteiger partial charge in [-0.05, 0) is 32.9 Å². The van der Waals surface area contributed by atoms with Gasteiger partial charge in [0.05, 0.1) is 6.10 Å². The van der Waals surface area contributed by atoms with E-state index < -0.39 is 0 Å². The average molecular weight is 216 g/mol. The molecule has 3 heteroatoms. The van der Waals surface area contributed by atoms with E-state index in [1.807, 2.05) is 46.8 Å². The lowest BCUT2D eigenvalue weighted by Gasteiger charge is -2.10. The summed E-state index contributed by atoms with van der Waals surface area (Å²) >= 11 is 5.84. The van der Waals surface area contributed by atoms with E-state index in [4.69, 9.17) is 16.3 Å². The first-order chi connectivity index (χ1) is 6.59. The van der Waals surface area contributed by atoms with E-state index in [9.17, 15) is 0 Å². The molecule has 0 radical (unpaired) electrons. The number of halogens is 1. The lowest BCUT2D eigenvalue weighted by Crippen LogP contribution is -2.06. The second kappa shape index (κ2) is 6.66. The van der Waals surface area contributed by atoms with Gasteiger partial charge in [-0.15, -0.1) is 0 Å². The van der Waals surface area contributed by atoms with Crippen molar-refractivity contribution in [3.63, 3.8) is 0 Å². The summed E-state index contributed by atoms with van der Waals surface area (Å²) in [5, 5.41) is 0.434. The van der Waals surface area contributed by atoms with Crippen molar-refractivity contribution in [2.75, 3.05) is 0 Å². The molecule has 2 nitrogen and oxygen atoms in total. The van der Waals surface area contributed by atoms with E-state index in [0.717, 1.165) is 5.69 Å². The van der Waals surface area contributed by atoms with E-state index in [0.29, 0.717) is 10.9 Å². The van der Waals surface area contributed by atoms with Crippen molar-refractivity contribution in [3.05, 3.63) is 23.0 Å². The van der Waals surface area contributed by atoms with Gasteiger partial charge < -0.3 is 4.74 Å². The maximum atomic E-state index is 5.84. The van der Waals surface area contributed by atoms with Crippen LogP contribution in [0.5, 0.6) is 5.75 Å². The number of rotatable bonds is 2. The SMILES string of the molecule is CC.Cc1ccc(OC(C)C)c(Cl)n1. The van der Waals surface area contributed by atoms with Crippen molar-refractivity contribution < 1.29 is 4.74 Å². The van der Waals surface area contributed by atoms with E-state index in [2.05, 4.69) is 4.98 Å². The summed E-state index contributed by atoms with van der Waals surface area (Å²) < 4.78 is 5.41. The molecule has 0 fully saturated rings. The Bertz CT molecular complexity index is 274. The van der Waals surface area contributed by atoms with Crippen LogP contribution >= 0.6 is 11.6 Å². The summed E-state index contributed by atoms with van der Waals surface area (Å²) in [6.45, 7) is 9.80. The predicted octanol–water partition coefficient (Wildman–Crippen LogP) is 3.86. The predicted molar refractivity (Wildman–Crippen MR) is 61.1 cm³/mol. The van der Waals surface area contributed by atoms with Gasteiger partial charge >= 0.3 is 0 Å². The molecular formula is C11H18ClNO. The summed E-state index contributed by atoms with van der Waals surface area (Å²) in [5.74, 6) is 0.650. The number of aryl methyl sites for hydroxylation is 1. The Morgan fingerprint density at radius 3 is 2.29 bits per heavy atom. The highest BCUT2D eigenvalue weighted by atomic mass is 35.5. The third kappa shape index (κ3) is 4.47. The fraction of sp³-hybridized carbons (Fsp3) is 0.545. The lowest BCUT2D eigenvalue weighted by atomic mass is 10.3. The Balaban J connectivity index is 0.000000791.